The van der Waals surface area contributed by atoms with Crippen molar-refractivity contribution in [2.45, 2.75) is 19.9 Å². The van der Waals surface area contributed by atoms with E-state index in [1.807, 2.05) is 12.3 Å². The van der Waals surface area contributed by atoms with Crippen molar-refractivity contribution in [1.29, 1.82) is 0 Å². The van der Waals surface area contributed by atoms with Crippen molar-refractivity contribution < 1.29 is 0 Å². The molecule has 3 aromatic heterocycles. The Morgan fingerprint density at radius 1 is 1.23 bits per heavy atom. The van der Waals surface area contributed by atoms with E-state index in [2.05, 4.69) is 9.97 Å². The Bertz CT molecular complexity index is 981. The minimum absolute atomic E-state index is 0.166. The molecule has 0 amide bonds. The number of thiazole rings is 1. The molecule has 9 heteroatoms. The molecule has 7 nitrogen and oxygen atoms in total. The van der Waals surface area contributed by atoms with Gasteiger partial charge < -0.3 is 4.57 Å². The van der Waals surface area contributed by atoms with Gasteiger partial charge in [-0.15, -0.1) is 11.3 Å². The lowest BCUT2D eigenvalue weighted by Gasteiger charge is -2.05. The van der Waals surface area contributed by atoms with Gasteiger partial charge >= 0.3 is 5.69 Å². The van der Waals surface area contributed by atoms with E-state index in [0.717, 1.165) is 21.7 Å². The van der Waals surface area contributed by atoms with Gasteiger partial charge in [-0.05, 0) is 18.0 Å². The second kappa shape index (κ2) is 5.36. The summed E-state index contributed by atoms with van der Waals surface area (Å²) in [6, 6.07) is 0. The van der Waals surface area contributed by atoms with Crippen LogP contribution < -0.4 is 11.2 Å². The lowest BCUT2D eigenvalue weighted by atomic mass is 10.4. The van der Waals surface area contributed by atoms with E-state index in [-0.39, 0.29) is 10.9 Å². The Labute approximate surface area is 134 Å². The average Bonchev–Trinajstić information content (AvgIpc) is 3.09. The van der Waals surface area contributed by atoms with Crippen molar-refractivity contribution in [3.63, 3.8) is 0 Å². The minimum atomic E-state index is -0.430. The van der Waals surface area contributed by atoms with Gasteiger partial charge in [-0.25, -0.2) is 9.78 Å². The van der Waals surface area contributed by atoms with Gasteiger partial charge in [-0.1, -0.05) is 6.92 Å². The summed E-state index contributed by atoms with van der Waals surface area (Å²) < 4.78 is 3.96. The number of fused-ring (bicyclic) bond motifs is 1. The number of halogens is 1. The number of rotatable bonds is 3. The van der Waals surface area contributed by atoms with Crippen LogP contribution in [0.1, 0.15) is 17.6 Å². The zero-order valence-corrected chi connectivity index (χ0v) is 13.9. The second-order valence-electron chi connectivity index (χ2n) is 4.93. The highest BCUT2D eigenvalue weighted by atomic mass is 35.5. The summed E-state index contributed by atoms with van der Waals surface area (Å²) in [6.07, 6.45) is 0.860. The molecule has 0 spiro atoms. The Kier molecular flexibility index (Phi) is 3.65. The zero-order valence-electron chi connectivity index (χ0n) is 12.3. The molecule has 22 heavy (non-hydrogen) atoms. The van der Waals surface area contributed by atoms with Crippen LogP contribution in [0.25, 0.3) is 11.2 Å². The van der Waals surface area contributed by atoms with Crippen molar-refractivity contribution in [3.05, 3.63) is 42.2 Å². The zero-order chi connectivity index (χ0) is 16.0. The van der Waals surface area contributed by atoms with Crippen molar-refractivity contribution >= 4 is 34.1 Å². The Balaban J connectivity index is 2.24. The summed E-state index contributed by atoms with van der Waals surface area (Å²) in [5.41, 5.74) is 0.563. The Morgan fingerprint density at radius 3 is 2.59 bits per heavy atom. The molecule has 0 fully saturated rings. The molecule has 0 unspecified atom stereocenters. The van der Waals surface area contributed by atoms with Crippen LogP contribution in [0.2, 0.25) is 5.28 Å². The third-order valence-corrected chi connectivity index (χ3v) is 4.85. The summed E-state index contributed by atoms with van der Waals surface area (Å²) in [4.78, 5) is 33.0. The predicted octanol–water partition coefficient (Wildman–Crippen LogP) is 1.15. The molecule has 3 heterocycles. The summed E-state index contributed by atoms with van der Waals surface area (Å²) in [5, 5.41) is 3.13. The van der Waals surface area contributed by atoms with E-state index in [1.54, 1.807) is 23.0 Å². The van der Waals surface area contributed by atoms with Gasteiger partial charge in [0, 0.05) is 19.5 Å². The van der Waals surface area contributed by atoms with Crippen molar-refractivity contribution in [2.75, 3.05) is 0 Å². The maximum Gasteiger partial charge on any atom is 0.332 e. The molecule has 0 atom stereocenters. The van der Waals surface area contributed by atoms with E-state index >= 15 is 0 Å². The molecular weight excluding hydrogens is 326 g/mol. The molecule has 0 N–H and O–H groups in total. The number of imidazole rings is 1. The van der Waals surface area contributed by atoms with Crippen molar-refractivity contribution in [2.24, 2.45) is 14.1 Å². The maximum absolute atomic E-state index is 12.4. The van der Waals surface area contributed by atoms with E-state index in [4.69, 9.17) is 11.6 Å². The monoisotopic (exact) mass is 339 g/mol. The van der Waals surface area contributed by atoms with Gasteiger partial charge in [-0.2, -0.15) is 4.98 Å². The molecule has 3 aromatic rings. The van der Waals surface area contributed by atoms with Crippen LogP contribution in [-0.2, 0) is 27.1 Å². The quantitative estimate of drug-likeness (QED) is 0.671. The highest BCUT2D eigenvalue weighted by molar-refractivity contribution is 7.09. The Morgan fingerprint density at radius 2 is 1.95 bits per heavy atom. The van der Waals surface area contributed by atoms with E-state index in [0.29, 0.717) is 12.1 Å². The lowest BCUT2D eigenvalue weighted by molar-refractivity contribution is 0.701. The molecule has 0 aliphatic carbocycles. The molecule has 0 aliphatic rings. The summed E-state index contributed by atoms with van der Waals surface area (Å²) in [5.74, 6) is 0. The summed E-state index contributed by atoms with van der Waals surface area (Å²) in [6.45, 7) is 2.38. The van der Waals surface area contributed by atoms with Crippen LogP contribution in [-0.4, -0.2) is 23.7 Å². The third kappa shape index (κ3) is 2.19. The summed E-state index contributed by atoms with van der Waals surface area (Å²) >= 11 is 7.74. The normalized spacial score (nSPS) is 11.5. The first kappa shape index (κ1) is 15.0. The highest BCUT2D eigenvalue weighted by Gasteiger charge is 2.18. The first-order valence-corrected chi connectivity index (χ1v) is 7.94. The Hall–Kier alpha value is -1.93. The first-order chi connectivity index (χ1) is 10.4. The van der Waals surface area contributed by atoms with Crippen LogP contribution in [0.3, 0.4) is 0 Å². The molecule has 0 aromatic carbocycles. The highest BCUT2D eigenvalue weighted by Crippen LogP contribution is 2.19. The molecular formula is C13H14ClN5O2S. The van der Waals surface area contributed by atoms with Crippen LogP contribution >= 0.6 is 22.9 Å². The number of hydrogen-bond acceptors (Lipinski definition) is 5. The van der Waals surface area contributed by atoms with Crippen LogP contribution in [0.4, 0.5) is 0 Å². The SMILES string of the molecule is CCc1nc(Cn2c(Cl)nc3c2c(=O)n(C)c(=O)n3C)cs1. The first-order valence-electron chi connectivity index (χ1n) is 6.69. The largest absolute Gasteiger partial charge is 0.332 e. The summed E-state index contributed by atoms with van der Waals surface area (Å²) in [7, 11) is 3.00. The minimum Gasteiger partial charge on any atom is -0.303 e. The second-order valence-corrected chi connectivity index (χ2v) is 6.21. The fourth-order valence-corrected chi connectivity index (χ4v) is 3.27. The van der Waals surface area contributed by atoms with Crippen molar-refractivity contribution in [3.8, 4) is 0 Å². The smallest absolute Gasteiger partial charge is 0.303 e. The number of nitrogens with zero attached hydrogens (tertiary/aromatic N) is 5. The molecule has 0 radical (unpaired) electrons. The maximum atomic E-state index is 12.4. The van der Waals surface area contributed by atoms with Crippen LogP contribution in [0.5, 0.6) is 0 Å². The fraction of sp³-hybridized carbons (Fsp3) is 0.385. The van der Waals surface area contributed by atoms with Gasteiger partial charge in [0.15, 0.2) is 11.2 Å². The fourth-order valence-electron chi connectivity index (χ4n) is 2.31. The molecule has 0 bridgehead atoms. The third-order valence-electron chi connectivity index (χ3n) is 3.52. The molecule has 3 rings (SSSR count). The van der Waals surface area contributed by atoms with Crippen LogP contribution in [0.15, 0.2) is 15.0 Å². The number of aromatic nitrogens is 5. The van der Waals surface area contributed by atoms with Gasteiger partial charge in [-0.3, -0.25) is 13.9 Å². The molecule has 0 saturated carbocycles. The van der Waals surface area contributed by atoms with Gasteiger partial charge in [0.1, 0.15) is 0 Å². The van der Waals surface area contributed by atoms with Crippen LogP contribution in [0, 0.1) is 0 Å². The molecule has 0 saturated heterocycles. The van der Waals surface area contributed by atoms with Gasteiger partial charge in [0.05, 0.1) is 17.2 Å². The topological polar surface area (TPSA) is 74.7 Å². The van der Waals surface area contributed by atoms with E-state index in [1.165, 1.54) is 11.6 Å². The van der Waals surface area contributed by atoms with Gasteiger partial charge in [0.2, 0.25) is 5.28 Å². The number of hydrogen-bond donors (Lipinski definition) is 0. The molecule has 116 valence electrons. The van der Waals surface area contributed by atoms with E-state index in [9.17, 15) is 9.59 Å². The predicted molar refractivity (Wildman–Crippen MR) is 85.8 cm³/mol. The number of aryl methyl sites for hydroxylation is 2. The van der Waals surface area contributed by atoms with E-state index < -0.39 is 11.2 Å². The average molecular weight is 340 g/mol. The standard InChI is InChI=1S/C13H14ClN5O2S/c1-4-8-15-7(6-22-8)5-19-9-10(16-12(19)14)17(2)13(21)18(3)11(9)20/h6H,4-5H2,1-3H3. The lowest BCUT2D eigenvalue weighted by Crippen LogP contribution is -2.37. The van der Waals surface area contributed by atoms with Gasteiger partial charge in [0.25, 0.3) is 5.56 Å². The molecule has 0 aliphatic heterocycles. The van der Waals surface area contributed by atoms with Crippen molar-refractivity contribution in [1.82, 2.24) is 23.7 Å².